The average Bonchev–Trinajstić information content (AvgIpc) is 3.45. The van der Waals surface area contributed by atoms with Crippen molar-refractivity contribution in [2.75, 3.05) is 31.2 Å². The number of piperidine rings is 1. The molecule has 4 aromatic rings. The molecule has 3 aliphatic rings. The zero-order valence-electron chi connectivity index (χ0n) is 30.1. The highest BCUT2D eigenvalue weighted by Gasteiger charge is 2.33. The molecule has 0 radical (unpaired) electrons. The Bertz CT molecular complexity index is 1680. The van der Waals surface area contributed by atoms with Crippen LogP contribution in [0.2, 0.25) is 0 Å². The fourth-order valence-corrected chi connectivity index (χ4v) is 6.02. The number of hydrogen-bond donors (Lipinski definition) is 2. The van der Waals surface area contributed by atoms with Gasteiger partial charge in [-0.2, -0.15) is 9.61 Å². The number of aryl methyl sites for hydroxylation is 2. The first-order valence-corrected chi connectivity index (χ1v) is 17.4. The molecular formula is C39H54N4O5. The van der Waals surface area contributed by atoms with Crippen molar-refractivity contribution in [1.29, 1.82) is 0 Å². The van der Waals surface area contributed by atoms with Crippen molar-refractivity contribution in [1.82, 2.24) is 14.6 Å². The smallest absolute Gasteiger partial charge is 0.308 e. The number of aliphatic carboxylic acids is 1. The van der Waals surface area contributed by atoms with Crippen LogP contribution >= 0.6 is 0 Å². The van der Waals surface area contributed by atoms with Gasteiger partial charge in [0.1, 0.15) is 11.6 Å². The minimum Gasteiger partial charge on any atom is -0.493 e. The molecule has 2 aromatic heterocycles. The summed E-state index contributed by atoms with van der Waals surface area (Å²) in [5.74, 6) is 0.824. The van der Waals surface area contributed by atoms with Gasteiger partial charge in [0, 0.05) is 48.1 Å². The first kappa shape index (κ1) is 36.9. The van der Waals surface area contributed by atoms with Crippen LogP contribution in [0.5, 0.6) is 5.75 Å². The molecule has 1 saturated heterocycles. The number of fused-ring (bicyclic) bond motifs is 8. The van der Waals surface area contributed by atoms with Crippen LogP contribution in [0.25, 0.3) is 28.0 Å². The Morgan fingerprint density at radius 1 is 0.958 bits per heavy atom. The molecule has 1 fully saturated rings. The van der Waals surface area contributed by atoms with Gasteiger partial charge in [-0.05, 0) is 97.4 Å². The Morgan fingerprint density at radius 2 is 1.62 bits per heavy atom. The molecule has 0 atom stereocenters. The number of carbonyl (C=O) groups is 1. The van der Waals surface area contributed by atoms with E-state index in [1.807, 2.05) is 37.4 Å². The molecule has 48 heavy (non-hydrogen) atoms. The van der Waals surface area contributed by atoms with Gasteiger partial charge in [0.25, 0.3) is 0 Å². The van der Waals surface area contributed by atoms with Gasteiger partial charge in [-0.1, -0.05) is 43.7 Å². The van der Waals surface area contributed by atoms with Crippen molar-refractivity contribution >= 4 is 17.4 Å². The van der Waals surface area contributed by atoms with Crippen LogP contribution in [0.3, 0.4) is 0 Å². The normalized spacial score (nSPS) is 16.1. The van der Waals surface area contributed by atoms with Gasteiger partial charge >= 0.3 is 5.97 Å². The minimum atomic E-state index is -0.877. The Balaban J connectivity index is 0.000000682. The molecule has 0 saturated carbocycles. The van der Waals surface area contributed by atoms with Crippen molar-refractivity contribution in [3.05, 3.63) is 65.4 Å². The van der Waals surface area contributed by atoms with E-state index in [2.05, 4.69) is 55.1 Å². The summed E-state index contributed by atoms with van der Waals surface area (Å²) in [7, 11) is 0. The Hall–Kier alpha value is -3.95. The molecule has 3 aliphatic heterocycles. The highest BCUT2D eigenvalue weighted by molar-refractivity contribution is 5.78. The van der Waals surface area contributed by atoms with Gasteiger partial charge in [-0.3, -0.25) is 4.79 Å². The molecule has 0 unspecified atom stereocenters. The highest BCUT2D eigenvalue weighted by atomic mass is 16.5. The molecular weight excluding hydrogens is 604 g/mol. The number of carboxylic acids is 1. The summed E-state index contributed by atoms with van der Waals surface area (Å²) in [4.78, 5) is 19.0. The third-order valence-corrected chi connectivity index (χ3v) is 8.43. The lowest BCUT2D eigenvalue weighted by molar-refractivity contribution is -0.136. The predicted octanol–water partition coefficient (Wildman–Crippen LogP) is 8.05. The summed E-state index contributed by atoms with van der Waals surface area (Å²) in [6, 6.07) is 16.7. The van der Waals surface area contributed by atoms with Crippen molar-refractivity contribution in [3.8, 4) is 28.1 Å². The minimum absolute atomic E-state index is 0.102. The van der Waals surface area contributed by atoms with E-state index in [-0.39, 0.29) is 12.0 Å². The lowest BCUT2D eigenvalue weighted by atomic mass is 9.92. The standard InChI is InChI=1S/C33H38N4O4.C4H10O.C2H6/c1-22-10-11-29-27(18-22)24-8-7-9-25(19-24)28-21-30-34-23(2)26(20-31(38)39)32(37(30)35-28)36-14-12-33(3,13-15-36)41-17-6-4-5-16-40-29;1-4(2,3)5;1-2/h7-11,18-19,21H,4-6,12-17,20H2,1-3H3,(H,38,39);5H,1-3H3;1-2H3. The van der Waals surface area contributed by atoms with E-state index in [1.54, 1.807) is 20.8 Å². The molecule has 0 amide bonds. The predicted molar refractivity (Wildman–Crippen MR) is 193 cm³/mol. The second kappa shape index (κ2) is 16.0. The Labute approximate surface area is 285 Å². The largest absolute Gasteiger partial charge is 0.493 e. The number of hydrogen-bond acceptors (Lipinski definition) is 7. The maximum absolute atomic E-state index is 11.9. The van der Waals surface area contributed by atoms with Crippen molar-refractivity contribution < 1.29 is 24.5 Å². The highest BCUT2D eigenvalue weighted by Crippen LogP contribution is 2.36. The van der Waals surface area contributed by atoms with Crippen LogP contribution in [0.1, 0.15) is 90.5 Å². The first-order chi connectivity index (χ1) is 22.8. The third-order valence-electron chi connectivity index (χ3n) is 8.43. The summed E-state index contributed by atoms with van der Waals surface area (Å²) in [5, 5.41) is 23.3. The van der Waals surface area contributed by atoms with Gasteiger partial charge in [0.05, 0.1) is 29.9 Å². The number of aromatic nitrogens is 3. The molecule has 7 rings (SSSR count). The Kier molecular flexibility index (Phi) is 12.3. The molecule has 2 aromatic carbocycles. The average molecular weight is 659 g/mol. The van der Waals surface area contributed by atoms with Crippen LogP contribution < -0.4 is 9.64 Å². The third kappa shape index (κ3) is 9.57. The van der Waals surface area contributed by atoms with Gasteiger partial charge < -0.3 is 24.6 Å². The summed E-state index contributed by atoms with van der Waals surface area (Å²) in [6.07, 6.45) is 4.63. The quantitative estimate of drug-likeness (QED) is 0.223. The number of anilines is 1. The van der Waals surface area contributed by atoms with Gasteiger partial charge in [-0.25, -0.2) is 4.98 Å². The topological polar surface area (TPSA) is 109 Å². The molecule has 260 valence electrons. The summed E-state index contributed by atoms with van der Waals surface area (Å²) in [5.41, 5.74) is 6.50. The van der Waals surface area contributed by atoms with E-state index < -0.39 is 11.6 Å². The second-order valence-corrected chi connectivity index (χ2v) is 13.8. The molecule has 6 bridgehead atoms. The van der Waals surface area contributed by atoms with Crippen LogP contribution in [0, 0.1) is 13.8 Å². The zero-order chi connectivity index (χ0) is 35.1. The monoisotopic (exact) mass is 658 g/mol. The van der Waals surface area contributed by atoms with Gasteiger partial charge in [0.15, 0.2) is 5.65 Å². The number of carboxylic acid groups (broad SMARTS) is 1. The van der Waals surface area contributed by atoms with E-state index >= 15 is 0 Å². The number of ether oxygens (including phenoxy) is 2. The molecule has 0 spiro atoms. The van der Waals surface area contributed by atoms with Gasteiger partial charge in [-0.15, -0.1) is 0 Å². The van der Waals surface area contributed by atoms with Crippen LogP contribution in [-0.4, -0.2) is 68.3 Å². The second-order valence-electron chi connectivity index (χ2n) is 13.8. The fraction of sp³-hybridized carbons (Fsp3) is 0.513. The van der Waals surface area contributed by atoms with E-state index in [1.165, 1.54) is 5.56 Å². The first-order valence-electron chi connectivity index (χ1n) is 17.4. The summed E-state index contributed by atoms with van der Waals surface area (Å²) >= 11 is 0. The maximum atomic E-state index is 11.9. The SMILES string of the molecule is CC.CC(C)(C)O.Cc1ccc2c(c1)-c1cccc(c1)-c1cc3nc(C)c(CC(=O)O)c(n3n1)N1CCC(C)(CC1)OCCCCCO2. The maximum Gasteiger partial charge on any atom is 0.308 e. The number of rotatable bonds is 2. The van der Waals surface area contributed by atoms with Crippen molar-refractivity contribution in [2.45, 2.75) is 105 Å². The molecule has 5 heterocycles. The lowest BCUT2D eigenvalue weighted by Crippen LogP contribution is -2.45. The van der Waals surface area contributed by atoms with E-state index in [9.17, 15) is 9.90 Å². The lowest BCUT2D eigenvalue weighted by Gasteiger charge is -2.41. The van der Waals surface area contributed by atoms with E-state index in [0.29, 0.717) is 17.8 Å². The zero-order valence-corrected chi connectivity index (χ0v) is 30.1. The molecule has 9 heteroatoms. The number of nitrogens with zero attached hydrogens (tertiary/aromatic N) is 4. The van der Waals surface area contributed by atoms with E-state index in [0.717, 1.165) is 91.4 Å². The molecule has 0 aliphatic carbocycles. The number of benzene rings is 2. The Morgan fingerprint density at radius 3 is 2.31 bits per heavy atom. The molecule has 2 N–H and O–H groups in total. The molecule has 9 nitrogen and oxygen atoms in total. The summed E-state index contributed by atoms with van der Waals surface area (Å²) in [6.45, 7) is 18.3. The van der Waals surface area contributed by atoms with E-state index in [4.69, 9.17) is 24.7 Å². The van der Waals surface area contributed by atoms with Crippen LogP contribution in [-0.2, 0) is 16.0 Å². The van der Waals surface area contributed by atoms with Crippen molar-refractivity contribution in [2.24, 2.45) is 0 Å². The summed E-state index contributed by atoms with van der Waals surface area (Å²) < 4.78 is 14.6. The van der Waals surface area contributed by atoms with Crippen LogP contribution in [0.4, 0.5) is 5.82 Å². The fourth-order valence-electron chi connectivity index (χ4n) is 6.02. The van der Waals surface area contributed by atoms with Gasteiger partial charge in [0.2, 0.25) is 0 Å². The number of aliphatic hydroxyl groups is 1. The van der Waals surface area contributed by atoms with Crippen molar-refractivity contribution in [3.63, 3.8) is 0 Å². The van der Waals surface area contributed by atoms with Crippen LogP contribution in [0.15, 0.2) is 48.5 Å².